The van der Waals surface area contributed by atoms with Crippen LogP contribution in [-0.4, -0.2) is 18.4 Å². The number of hydrogen-bond acceptors (Lipinski definition) is 2. The van der Waals surface area contributed by atoms with Gasteiger partial charge in [-0.3, -0.25) is 9.59 Å². The third kappa shape index (κ3) is 4.41. The zero-order valence-corrected chi connectivity index (χ0v) is 14.8. The van der Waals surface area contributed by atoms with Crippen LogP contribution in [0, 0.1) is 0 Å². The second-order valence-corrected chi connectivity index (χ2v) is 6.53. The molecule has 1 N–H and O–H groups in total. The molecule has 25 heavy (non-hydrogen) atoms. The van der Waals surface area contributed by atoms with E-state index >= 15 is 0 Å². The Morgan fingerprint density at radius 3 is 2.52 bits per heavy atom. The van der Waals surface area contributed by atoms with Crippen LogP contribution in [0.4, 0.5) is 11.4 Å². The first-order chi connectivity index (χ1) is 12.0. The molecular weight excluding hydrogens is 359 g/mol. The Bertz CT molecular complexity index is 832. The molecule has 128 valence electrons. The van der Waals surface area contributed by atoms with Crippen LogP contribution in [0.2, 0.25) is 10.0 Å². The summed E-state index contributed by atoms with van der Waals surface area (Å²) < 4.78 is 0. The Hall–Kier alpha value is -2.30. The number of nitrogens with one attached hydrogen (secondary N) is 1. The van der Waals surface area contributed by atoms with E-state index < -0.39 is 0 Å². The molecule has 1 fully saturated rings. The van der Waals surface area contributed by atoms with Gasteiger partial charge < -0.3 is 10.2 Å². The Balaban J connectivity index is 1.66. The van der Waals surface area contributed by atoms with Crippen molar-refractivity contribution in [3.05, 3.63) is 64.1 Å². The highest BCUT2D eigenvalue weighted by atomic mass is 35.5. The second-order valence-electron chi connectivity index (χ2n) is 5.69. The lowest BCUT2D eigenvalue weighted by Gasteiger charge is -2.17. The van der Waals surface area contributed by atoms with Gasteiger partial charge in [0.05, 0.1) is 10.7 Å². The molecule has 2 aromatic rings. The minimum Gasteiger partial charge on any atom is -0.322 e. The Kier molecular flexibility index (Phi) is 5.41. The van der Waals surface area contributed by atoms with E-state index in [-0.39, 0.29) is 11.8 Å². The van der Waals surface area contributed by atoms with Gasteiger partial charge >= 0.3 is 0 Å². The quantitative estimate of drug-likeness (QED) is 0.783. The number of rotatable bonds is 4. The number of anilines is 2. The summed E-state index contributed by atoms with van der Waals surface area (Å²) in [6.07, 6.45) is 4.52. The normalized spacial score (nSPS) is 14.3. The van der Waals surface area contributed by atoms with Crippen molar-refractivity contribution in [1.29, 1.82) is 0 Å². The van der Waals surface area contributed by atoms with Crippen LogP contribution in [0.1, 0.15) is 18.4 Å². The molecule has 6 heteroatoms. The molecule has 0 atom stereocenters. The lowest BCUT2D eigenvalue weighted by Crippen LogP contribution is -2.24. The van der Waals surface area contributed by atoms with Crippen LogP contribution in [0.15, 0.2) is 48.5 Å². The molecule has 0 aromatic heterocycles. The minimum atomic E-state index is -0.268. The average Bonchev–Trinajstić information content (AvgIpc) is 3.00. The fourth-order valence-electron chi connectivity index (χ4n) is 2.64. The van der Waals surface area contributed by atoms with E-state index in [2.05, 4.69) is 5.32 Å². The summed E-state index contributed by atoms with van der Waals surface area (Å²) in [5.41, 5.74) is 2.13. The van der Waals surface area contributed by atoms with Crippen molar-refractivity contribution < 1.29 is 9.59 Å². The highest BCUT2D eigenvalue weighted by molar-refractivity contribution is 6.34. The predicted molar refractivity (Wildman–Crippen MR) is 102 cm³/mol. The van der Waals surface area contributed by atoms with Crippen molar-refractivity contribution in [2.24, 2.45) is 0 Å². The molecule has 1 aliphatic heterocycles. The van der Waals surface area contributed by atoms with E-state index in [1.807, 2.05) is 12.1 Å². The molecule has 0 spiro atoms. The number of carbonyl (C=O) groups excluding carboxylic acids is 2. The number of amides is 2. The largest absolute Gasteiger partial charge is 0.322 e. The van der Waals surface area contributed by atoms with Gasteiger partial charge in [0.15, 0.2) is 0 Å². The van der Waals surface area contributed by atoms with Crippen LogP contribution in [-0.2, 0) is 9.59 Å². The number of halogens is 2. The summed E-state index contributed by atoms with van der Waals surface area (Å²) in [7, 11) is 0. The van der Waals surface area contributed by atoms with Gasteiger partial charge in [0.25, 0.3) is 0 Å². The van der Waals surface area contributed by atoms with E-state index in [0.29, 0.717) is 34.4 Å². The zero-order chi connectivity index (χ0) is 17.8. The summed E-state index contributed by atoms with van der Waals surface area (Å²) in [4.78, 5) is 25.5. The molecule has 4 nitrogen and oxygen atoms in total. The van der Waals surface area contributed by atoms with Gasteiger partial charge in [0, 0.05) is 29.8 Å². The van der Waals surface area contributed by atoms with Gasteiger partial charge in [-0.15, -0.1) is 0 Å². The summed E-state index contributed by atoms with van der Waals surface area (Å²) >= 11 is 12.1. The molecular formula is C19H16Cl2N2O2. The summed E-state index contributed by atoms with van der Waals surface area (Å²) in [5.74, 6) is -0.194. The molecule has 1 aliphatic rings. The first kappa shape index (κ1) is 17.5. The van der Waals surface area contributed by atoms with Gasteiger partial charge in [-0.25, -0.2) is 0 Å². The predicted octanol–water partition coefficient (Wildman–Crippen LogP) is 4.77. The van der Waals surface area contributed by atoms with Gasteiger partial charge in [-0.1, -0.05) is 35.3 Å². The number of hydrogen-bond donors (Lipinski definition) is 1. The number of carbonyl (C=O) groups is 2. The maximum atomic E-state index is 12.0. The summed E-state index contributed by atoms with van der Waals surface area (Å²) in [6.45, 7) is 0.675. The molecule has 1 saturated heterocycles. The lowest BCUT2D eigenvalue weighted by atomic mass is 10.2. The van der Waals surface area contributed by atoms with Crippen LogP contribution < -0.4 is 10.2 Å². The van der Waals surface area contributed by atoms with E-state index in [0.717, 1.165) is 12.0 Å². The van der Waals surface area contributed by atoms with E-state index in [9.17, 15) is 9.59 Å². The average molecular weight is 375 g/mol. The van der Waals surface area contributed by atoms with E-state index in [1.165, 1.54) is 6.08 Å². The molecule has 0 radical (unpaired) electrons. The van der Waals surface area contributed by atoms with Crippen molar-refractivity contribution in [2.45, 2.75) is 12.8 Å². The van der Waals surface area contributed by atoms with Crippen LogP contribution in [0.3, 0.4) is 0 Å². The topological polar surface area (TPSA) is 49.4 Å². The molecule has 0 aliphatic carbocycles. The van der Waals surface area contributed by atoms with Gasteiger partial charge in [-0.2, -0.15) is 0 Å². The second kappa shape index (κ2) is 7.72. The fraction of sp³-hybridized carbons (Fsp3) is 0.158. The number of benzene rings is 2. The number of nitrogens with zero attached hydrogens (tertiary/aromatic N) is 1. The summed E-state index contributed by atoms with van der Waals surface area (Å²) in [6, 6.07) is 12.3. The van der Waals surface area contributed by atoms with Gasteiger partial charge in [0.2, 0.25) is 11.8 Å². The highest BCUT2D eigenvalue weighted by Crippen LogP contribution is 2.31. The molecule has 0 unspecified atom stereocenters. The van der Waals surface area contributed by atoms with Crippen LogP contribution in [0.25, 0.3) is 6.08 Å². The molecule has 1 heterocycles. The maximum Gasteiger partial charge on any atom is 0.248 e. The molecule has 3 rings (SSSR count). The van der Waals surface area contributed by atoms with Crippen LogP contribution >= 0.6 is 23.2 Å². The minimum absolute atomic E-state index is 0.0737. The fourth-order valence-corrected chi connectivity index (χ4v) is 3.04. The van der Waals surface area contributed by atoms with Gasteiger partial charge in [0.1, 0.15) is 0 Å². The first-order valence-corrected chi connectivity index (χ1v) is 8.63. The SMILES string of the molecule is O=C(/C=C/c1ccc(Cl)cc1)Nc1ccc(N2CCCC2=O)c(Cl)c1. The monoisotopic (exact) mass is 374 g/mol. The van der Waals surface area contributed by atoms with Gasteiger partial charge in [-0.05, 0) is 48.4 Å². The Morgan fingerprint density at radius 2 is 1.88 bits per heavy atom. The molecule has 0 saturated carbocycles. The molecule has 2 aromatic carbocycles. The lowest BCUT2D eigenvalue weighted by molar-refractivity contribution is -0.117. The van der Waals surface area contributed by atoms with Crippen molar-refractivity contribution >= 4 is 52.5 Å². The molecule has 0 bridgehead atoms. The van der Waals surface area contributed by atoms with E-state index in [4.69, 9.17) is 23.2 Å². The van der Waals surface area contributed by atoms with Crippen LogP contribution in [0.5, 0.6) is 0 Å². The van der Waals surface area contributed by atoms with E-state index in [1.54, 1.807) is 41.3 Å². The summed E-state index contributed by atoms with van der Waals surface area (Å²) in [5, 5.41) is 3.84. The third-order valence-corrected chi connectivity index (χ3v) is 4.43. The zero-order valence-electron chi connectivity index (χ0n) is 13.3. The van der Waals surface area contributed by atoms with Crippen molar-refractivity contribution in [1.82, 2.24) is 0 Å². The Morgan fingerprint density at radius 1 is 1.12 bits per heavy atom. The smallest absolute Gasteiger partial charge is 0.248 e. The Labute approximate surface area is 156 Å². The van der Waals surface area contributed by atoms with Crippen molar-refractivity contribution in [3.8, 4) is 0 Å². The molecule has 2 amide bonds. The van der Waals surface area contributed by atoms with Crippen molar-refractivity contribution in [2.75, 3.05) is 16.8 Å². The standard InChI is InChI=1S/C19H16Cl2N2O2/c20-14-6-3-13(4-7-14)5-10-18(24)22-15-8-9-17(16(21)12-15)23-11-1-2-19(23)25/h3-10,12H,1-2,11H2,(H,22,24)/b10-5+. The highest BCUT2D eigenvalue weighted by Gasteiger charge is 2.23. The van der Waals surface area contributed by atoms with Crippen molar-refractivity contribution in [3.63, 3.8) is 0 Å². The third-order valence-electron chi connectivity index (χ3n) is 3.88. The first-order valence-electron chi connectivity index (χ1n) is 7.87. The maximum absolute atomic E-state index is 12.0.